The number of rotatable bonds is 5. The van der Waals surface area contributed by atoms with Gasteiger partial charge in [0.05, 0.1) is 33.5 Å². The molecule has 4 rings (SSSR count). The number of hydrogen-bond donors (Lipinski definition) is 0. The van der Waals surface area contributed by atoms with Crippen LogP contribution < -0.4 is 4.90 Å². The molecular weight excluding hydrogens is 420 g/mol. The molecule has 0 radical (unpaired) electrons. The van der Waals surface area contributed by atoms with Gasteiger partial charge in [-0.25, -0.2) is 13.4 Å². The van der Waals surface area contributed by atoms with Crippen molar-refractivity contribution >= 4 is 42.4 Å². The van der Waals surface area contributed by atoms with E-state index in [1.165, 1.54) is 34.6 Å². The molecule has 6 nitrogen and oxygen atoms in total. The maximum atomic E-state index is 13.6. The van der Waals surface area contributed by atoms with Crippen LogP contribution in [0.15, 0.2) is 64.1 Å². The molecule has 1 amide bonds. The molecule has 154 valence electrons. The third kappa shape index (κ3) is 3.76. The summed E-state index contributed by atoms with van der Waals surface area (Å²) in [5, 5.41) is 0.493. The summed E-state index contributed by atoms with van der Waals surface area (Å²) >= 11 is 1.41. The highest BCUT2D eigenvalue weighted by atomic mass is 32.2. The molecule has 2 aromatic carbocycles. The van der Waals surface area contributed by atoms with Gasteiger partial charge < -0.3 is 4.42 Å². The molecule has 0 saturated carbocycles. The van der Waals surface area contributed by atoms with Gasteiger partial charge in [-0.1, -0.05) is 35.6 Å². The van der Waals surface area contributed by atoms with Gasteiger partial charge in [-0.15, -0.1) is 0 Å². The molecule has 0 N–H and O–H groups in total. The van der Waals surface area contributed by atoms with Crippen molar-refractivity contribution in [1.29, 1.82) is 0 Å². The van der Waals surface area contributed by atoms with Crippen LogP contribution in [0, 0.1) is 13.8 Å². The highest BCUT2D eigenvalue weighted by Gasteiger charge is 2.27. The van der Waals surface area contributed by atoms with Crippen LogP contribution in [0.3, 0.4) is 0 Å². The van der Waals surface area contributed by atoms with Crippen molar-refractivity contribution < 1.29 is 17.6 Å². The number of carbonyl (C=O) groups is 1. The Balaban J connectivity index is 1.87. The van der Waals surface area contributed by atoms with Gasteiger partial charge in [0.25, 0.3) is 5.91 Å². The average molecular weight is 441 g/mol. The Morgan fingerprint density at radius 3 is 2.47 bits per heavy atom. The number of furan rings is 1. The molecule has 0 aliphatic rings. The van der Waals surface area contributed by atoms with Crippen LogP contribution in [0.4, 0.5) is 5.13 Å². The summed E-state index contributed by atoms with van der Waals surface area (Å²) in [5.41, 5.74) is 3.03. The normalized spacial score (nSPS) is 11.7. The molecule has 0 aliphatic carbocycles. The van der Waals surface area contributed by atoms with Crippen LogP contribution in [0.1, 0.15) is 27.2 Å². The summed E-state index contributed by atoms with van der Waals surface area (Å²) in [6, 6.07) is 13.8. The minimum atomic E-state index is -3.58. The fraction of sp³-hybridized carbons (Fsp3) is 0.182. The number of carbonyl (C=O) groups excluding carboxylic acids is 1. The average Bonchev–Trinajstić information content (AvgIpc) is 3.38. The Bertz CT molecular complexity index is 1300. The molecule has 8 heteroatoms. The summed E-state index contributed by atoms with van der Waals surface area (Å²) in [6.07, 6.45) is 2.63. The third-order valence-electron chi connectivity index (χ3n) is 4.82. The van der Waals surface area contributed by atoms with Crippen molar-refractivity contribution in [2.75, 3.05) is 11.2 Å². The van der Waals surface area contributed by atoms with E-state index in [9.17, 15) is 13.2 Å². The standard InChI is InChI=1S/C22H20N2O4S2/c1-14-10-11-15(2)20-19(14)23-22(29-20)24(13-16-7-6-12-28-16)21(25)17-8-4-5-9-18(17)30(3,26)27/h4-12H,13H2,1-3H3. The first-order valence-electron chi connectivity index (χ1n) is 9.26. The number of aryl methyl sites for hydroxylation is 2. The van der Waals surface area contributed by atoms with E-state index in [-0.39, 0.29) is 17.0 Å². The molecule has 2 heterocycles. The summed E-state index contributed by atoms with van der Waals surface area (Å²) in [6.45, 7) is 4.12. The quantitative estimate of drug-likeness (QED) is 0.447. The Hall–Kier alpha value is -2.97. The smallest absolute Gasteiger partial charge is 0.261 e. The number of sulfone groups is 1. The van der Waals surface area contributed by atoms with E-state index in [1.807, 2.05) is 26.0 Å². The maximum absolute atomic E-state index is 13.6. The first kappa shape index (κ1) is 20.3. The molecule has 30 heavy (non-hydrogen) atoms. The minimum absolute atomic E-state index is 0.00656. The van der Waals surface area contributed by atoms with Crippen molar-refractivity contribution in [1.82, 2.24) is 4.98 Å². The zero-order valence-electron chi connectivity index (χ0n) is 16.7. The number of thiazole rings is 1. The Labute approximate surface area is 178 Å². The van der Waals surface area contributed by atoms with E-state index in [4.69, 9.17) is 9.40 Å². The van der Waals surface area contributed by atoms with E-state index in [0.717, 1.165) is 27.6 Å². The molecular formula is C22H20N2O4S2. The van der Waals surface area contributed by atoms with Gasteiger partial charge in [-0.3, -0.25) is 9.69 Å². The molecule has 0 atom stereocenters. The van der Waals surface area contributed by atoms with Gasteiger partial charge in [-0.05, 0) is 49.2 Å². The SMILES string of the molecule is Cc1ccc(C)c2sc(N(Cc3ccco3)C(=O)c3ccccc3S(C)(=O)=O)nc12. The van der Waals surface area contributed by atoms with Crippen molar-refractivity contribution in [3.05, 3.63) is 77.2 Å². The Morgan fingerprint density at radius 2 is 1.80 bits per heavy atom. The zero-order chi connectivity index (χ0) is 21.5. The lowest BCUT2D eigenvalue weighted by Crippen LogP contribution is -2.31. The van der Waals surface area contributed by atoms with Gasteiger partial charge in [-0.2, -0.15) is 0 Å². The predicted molar refractivity (Wildman–Crippen MR) is 118 cm³/mol. The van der Waals surface area contributed by atoms with Crippen molar-refractivity contribution in [3.63, 3.8) is 0 Å². The number of aromatic nitrogens is 1. The summed E-state index contributed by atoms with van der Waals surface area (Å²) in [5.74, 6) is 0.134. The minimum Gasteiger partial charge on any atom is -0.467 e. The molecule has 0 fully saturated rings. The highest BCUT2D eigenvalue weighted by Crippen LogP contribution is 2.35. The number of benzene rings is 2. The van der Waals surface area contributed by atoms with E-state index >= 15 is 0 Å². The number of amides is 1. The largest absolute Gasteiger partial charge is 0.467 e. The van der Waals surface area contributed by atoms with E-state index < -0.39 is 15.7 Å². The van der Waals surface area contributed by atoms with Crippen molar-refractivity contribution in [2.24, 2.45) is 0 Å². The van der Waals surface area contributed by atoms with Crippen LogP contribution in [0.2, 0.25) is 0 Å². The van der Waals surface area contributed by atoms with Gasteiger partial charge in [0, 0.05) is 6.26 Å². The van der Waals surface area contributed by atoms with E-state index in [2.05, 4.69) is 0 Å². The third-order valence-corrected chi connectivity index (χ3v) is 7.19. The Morgan fingerprint density at radius 1 is 1.07 bits per heavy atom. The lowest BCUT2D eigenvalue weighted by atomic mass is 10.1. The van der Waals surface area contributed by atoms with Gasteiger partial charge in [0.2, 0.25) is 0 Å². The topological polar surface area (TPSA) is 80.5 Å². The zero-order valence-corrected chi connectivity index (χ0v) is 18.4. The van der Waals surface area contributed by atoms with Crippen LogP contribution in [0.5, 0.6) is 0 Å². The van der Waals surface area contributed by atoms with Crippen LogP contribution in [-0.4, -0.2) is 25.6 Å². The lowest BCUT2D eigenvalue weighted by Gasteiger charge is -2.20. The van der Waals surface area contributed by atoms with Crippen molar-refractivity contribution in [2.45, 2.75) is 25.3 Å². The molecule has 0 aliphatic heterocycles. The number of anilines is 1. The maximum Gasteiger partial charge on any atom is 0.261 e. The fourth-order valence-corrected chi connectivity index (χ4v) is 5.25. The predicted octanol–water partition coefficient (Wildman–Crippen LogP) is 4.76. The molecule has 0 unspecified atom stereocenters. The summed E-state index contributed by atoms with van der Waals surface area (Å²) < 4.78 is 31.0. The summed E-state index contributed by atoms with van der Waals surface area (Å²) in [4.78, 5) is 19.8. The second-order valence-corrected chi connectivity index (χ2v) is 10.1. The Kier molecular flexibility index (Phi) is 5.21. The first-order valence-corrected chi connectivity index (χ1v) is 12.0. The molecule has 0 bridgehead atoms. The molecule has 0 spiro atoms. The molecule has 2 aromatic heterocycles. The number of fused-ring (bicyclic) bond motifs is 1. The monoisotopic (exact) mass is 440 g/mol. The molecule has 0 saturated heterocycles. The van der Waals surface area contributed by atoms with Crippen LogP contribution in [-0.2, 0) is 16.4 Å². The summed E-state index contributed by atoms with van der Waals surface area (Å²) in [7, 11) is -3.58. The lowest BCUT2D eigenvalue weighted by molar-refractivity contribution is 0.0980. The van der Waals surface area contributed by atoms with Gasteiger partial charge >= 0.3 is 0 Å². The molecule has 4 aromatic rings. The number of hydrogen-bond acceptors (Lipinski definition) is 6. The fourth-order valence-electron chi connectivity index (χ4n) is 3.26. The second kappa shape index (κ2) is 7.70. The van der Waals surface area contributed by atoms with Crippen molar-refractivity contribution in [3.8, 4) is 0 Å². The second-order valence-electron chi connectivity index (χ2n) is 7.11. The van der Waals surface area contributed by atoms with E-state index in [1.54, 1.807) is 24.3 Å². The van der Waals surface area contributed by atoms with Crippen LogP contribution in [0.25, 0.3) is 10.2 Å². The first-order chi connectivity index (χ1) is 14.3. The van der Waals surface area contributed by atoms with Gasteiger partial charge in [0.15, 0.2) is 15.0 Å². The highest BCUT2D eigenvalue weighted by molar-refractivity contribution is 7.90. The van der Waals surface area contributed by atoms with Crippen LogP contribution >= 0.6 is 11.3 Å². The number of nitrogens with zero attached hydrogens (tertiary/aromatic N) is 2. The van der Waals surface area contributed by atoms with Gasteiger partial charge in [0.1, 0.15) is 5.76 Å². The van der Waals surface area contributed by atoms with E-state index in [0.29, 0.717) is 10.9 Å².